The fourth-order valence-corrected chi connectivity index (χ4v) is 3.21. The molecule has 0 aliphatic carbocycles. The van der Waals surface area contributed by atoms with Crippen molar-refractivity contribution in [3.05, 3.63) is 11.6 Å². The summed E-state index contributed by atoms with van der Waals surface area (Å²) >= 11 is 0. The zero-order valence-corrected chi connectivity index (χ0v) is 10.0. The largest absolute Gasteiger partial charge is 0.478 e. The van der Waals surface area contributed by atoms with Gasteiger partial charge in [0.1, 0.15) is 5.25 Å². The molecule has 0 fully saturated rings. The van der Waals surface area contributed by atoms with Crippen molar-refractivity contribution in [1.82, 2.24) is 0 Å². The van der Waals surface area contributed by atoms with E-state index in [9.17, 15) is 26.4 Å². The van der Waals surface area contributed by atoms with Gasteiger partial charge in [0.25, 0.3) is 20.2 Å². The quantitative estimate of drug-likeness (QED) is 0.323. The minimum Gasteiger partial charge on any atom is -0.478 e. The fraction of sp³-hybridized carbons (Fsp3) is 0.333. The van der Waals surface area contributed by atoms with Crippen LogP contribution in [0.2, 0.25) is 0 Å². The number of carboxylic acids is 2. The summed E-state index contributed by atoms with van der Waals surface area (Å²) < 4.78 is 59.8. The van der Waals surface area contributed by atoms with Crippen LogP contribution in [-0.2, 0) is 29.8 Å². The average Bonchev–Trinajstić information content (AvgIpc) is 2.06. The monoisotopic (exact) mass is 304 g/mol. The topological polar surface area (TPSA) is 183 Å². The molecule has 0 aromatic carbocycles. The minimum absolute atomic E-state index is 0.0913. The third kappa shape index (κ3) is 5.72. The summed E-state index contributed by atoms with van der Waals surface area (Å²) in [5.74, 6) is -5.61. The van der Waals surface area contributed by atoms with Gasteiger partial charge in [0.15, 0.2) is 0 Å². The van der Waals surface area contributed by atoms with Crippen molar-refractivity contribution < 1.29 is 45.7 Å². The zero-order valence-electron chi connectivity index (χ0n) is 8.42. The van der Waals surface area contributed by atoms with Crippen molar-refractivity contribution in [2.75, 3.05) is 5.75 Å². The number of hydrogen-bond donors (Lipinski definition) is 4. The summed E-state index contributed by atoms with van der Waals surface area (Å²) in [5, 5.41) is 14.3. The highest BCUT2D eigenvalue weighted by Gasteiger charge is 2.36. The van der Waals surface area contributed by atoms with E-state index in [0.717, 1.165) is 0 Å². The van der Waals surface area contributed by atoms with Crippen LogP contribution in [0.15, 0.2) is 11.6 Å². The first-order chi connectivity index (χ1) is 7.84. The minimum atomic E-state index is -5.24. The lowest BCUT2D eigenvalue weighted by Crippen LogP contribution is -2.34. The van der Waals surface area contributed by atoms with Crippen LogP contribution >= 0.6 is 0 Å². The standard InChI is InChI=1S/C6H8O10S2/c7-5(8)1-3(6(9)10)4(18(14,15)16)2-17(11,12)13/h1,4H,2H2,(H,7,8)(H,9,10)(H,11,12,13)(H,14,15,16)/b3-1+. The fourth-order valence-electron chi connectivity index (χ4n) is 0.953. The van der Waals surface area contributed by atoms with Gasteiger partial charge in [-0.1, -0.05) is 0 Å². The van der Waals surface area contributed by atoms with Crippen LogP contribution in [0, 0.1) is 0 Å². The Morgan fingerprint density at radius 3 is 1.72 bits per heavy atom. The molecule has 104 valence electrons. The molecule has 0 rings (SSSR count). The van der Waals surface area contributed by atoms with Crippen LogP contribution in [-0.4, -0.2) is 59.1 Å². The molecule has 0 heterocycles. The SMILES string of the molecule is O=C(O)/C=C(/C(=O)O)C(CS(=O)(=O)O)S(=O)(=O)O. The number of rotatable bonds is 6. The summed E-state index contributed by atoms with van der Waals surface area (Å²) in [7, 11) is -10.2. The number of hydrogen-bond acceptors (Lipinski definition) is 6. The zero-order chi connectivity index (χ0) is 14.7. The van der Waals surface area contributed by atoms with E-state index >= 15 is 0 Å². The Bertz CT molecular complexity index is 580. The van der Waals surface area contributed by atoms with Crippen molar-refractivity contribution in [1.29, 1.82) is 0 Å². The molecule has 18 heavy (non-hydrogen) atoms. The molecular formula is C6H8O10S2. The van der Waals surface area contributed by atoms with Gasteiger partial charge in [0.2, 0.25) is 0 Å². The Labute approximate surface area is 101 Å². The molecule has 4 N–H and O–H groups in total. The number of aliphatic carboxylic acids is 2. The summed E-state index contributed by atoms with van der Waals surface area (Å²) in [6.45, 7) is 0. The van der Waals surface area contributed by atoms with Crippen molar-refractivity contribution in [3.8, 4) is 0 Å². The second kappa shape index (κ2) is 5.43. The molecule has 0 amide bonds. The van der Waals surface area contributed by atoms with Gasteiger partial charge in [-0.3, -0.25) is 9.11 Å². The summed E-state index contributed by atoms with van der Waals surface area (Å²) in [6.07, 6.45) is -0.0913. The maximum Gasteiger partial charge on any atom is 0.333 e. The second-order valence-electron chi connectivity index (χ2n) is 3.00. The summed E-state index contributed by atoms with van der Waals surface area (Å²) in [4.78, 5) is 20.9. The molecule has 0 bridgehead atoms. The lowest BCUT2D eigenvalue weighted by molar-refractivity contribution is -0.135. The maximum absolute atomic E-state index is 10.8. The molecule has 0 saturated carbocycles. The van der Waals surface area contributed by atoms with Crippen molar-refractivity contribution >= 4 is 32.2 Å². The van der Waals surface area contributed by atoms with E-state index in [-0.39, 0.29) is 6.08 Å². The Hall–Kier alpha value is -1.50. The molecule has 0 aliphatic heterocycles. The van der Waals surface area contributed by atoms with Gasteiger partial charge in [-0.2, -0.15) is 16.8 Å². The molecule has 10 nitrogen and oxygen atoms in total. The molecule has 0 aromatic heterocycles. The van der Waals surface area contributed by atoms with Gasteiger partial charge in [0, 0.05) is 6.08 Å². The van der Waals surface area contributed by atoms with Crippen LogP contribution in [0.1, 0.15) is 0 Å². The average molecular weight is 304 g/mol. The van der Waals surface area contributed by atoms with E-state index in [0.29, 0.717) is 0 Å². The third-order valence-corrected chi connectivity index (χ3v) is 3.70. The first kappa shape index (κ1) is 16.5. The van der Waals surface area contributed by atoms with E-state index in [1.54, 1.807) is 0 Å². The highest BCUT2D eigenvalue weighted by molar-refractivity contribution is 7.90. The number of carboxylic acid groups (broad SMARTS) is 2. The maximum atomic E-state index is 10.8. The van der Waals surface area contributed by atoms with Gasteiger partial charge in [-0.15, -0.1) is 0 Å². The lowest BCUT2D eigenvalue weighted by atomic mass is 10.2. The van der Waals surface area contributed by atoms with Gasteiger partial charge < -0.3 is 10.2 Å². The predicted octanol–water partition coefficient (Wildman–Crippen LogP) is -1.77. The van der Waals surface area contributed by atoms with Gasteiger partial charge >= 0.3 is 11.9 Å². The summed E-state index contributed by atoms with van der Waals surface area (Å²) in [5.41, 5.74) is -1.40. The second-order valence-corrected chi connectivity index (χ2v) is 6.09. The van der Waals surface area contributed by atoms with E-state index in [4.69, 9.17) is 19.3 Å². The Balaban J connectivity index is 5.85. The molecule has 12 heteroatoms. The van der Waals surface area contributed by atoms with Crippen LogP contribution in [0.25, 0.3) is 0 Å². The van der Waals surface area contributed by atoms with E-state index in [1.165, 1.54) is 0 Å². The molecule has 1 unspecified atom stereocenters. The molecule has 0 aromatic rings. The van der Waals surface area contributed by atoms with Gasteiger partial charge in [0.05, 0.1) is 11.3 Å². The first-order valence-electron chi connectivity index (χ1n) is 3.94. The molecule has 0 spiro atoms. The highest BCUT2D eigenvalue weighted by Crippen LogP contribution is 2.14. The van der Waals surface area contributed by atoms with Crippen LogP contribution in [0.5, 0.6) is 0 Å². The van der Waals surface area contributed by atoms with Crippen molar-refractivity contribution in [2.24, 2.45) is 0 Å². The smallest absolute Gasteiger partial charge is 0.333 e. The third-order valence-electron chi connectivity index (χ3n) is 1.59. The van der Waals surface area contributed by atoms with Crippen LogP contribution in [0.3, 0.4) is 0 Å². The van der Waals surface area contributed by atoms with Crippen LogP contribution < -0.4 is 0 Å². The van der Waals surface area contributed by atoms with E-state index in [1.807, 2.05) is 0 Å². The molecule has 0 radical (unpaired) electrons. The normalized spacial score (nSPS) is 15.1. The molecule has 1 atom stereocenters. The first-order valence-corrected chi connectivity index (χ1v) is 7.05. The molecule has 0 aliphatic rings. The Kier molecular flexibility index (Phi) is 4.98. The Morgan fingerprint density at radius 1 is 1.06 bits per heavy atom. The van der Waals surface area contributed by atoms with Gasteiger partial charge in [-0.05, 0) is 0 Å². The molecular weight excluding hydrogens is 296 g/mol. The van der Waals surface area contributed by atoms with Crippen molar-refractivity contribution in [3.63, 3.8) is 0 Å². The van der Waals surface area contributed by atoms with Gasteiger partial charge in [-0.25, -0.2) is 9.59 Å². The van der Waals surface area contributed by atoms with E-state index < -0.39 is 48.8 Å². The predicted molar refractivity (Wildman–Crippen MR) is 55.1 cm³/mol. The summed E-state index contributed by atoms with van der Waals surface area (Å²) in [6, 6.07) is 0. The number of carbonyl (C=O) groups is 2. The Morgan fingerprint density at radius 2 is 1.50 bits per heavy atom. The highest BCUT2D eigenvalue weighted by atomic mass is 32.2. The lowest BCUT2D eigenvalue weighted by Gasteiger charge is -2.12. The molecule has 0 saturated heterocycles. The van der Waals surface area contributed by atoms with Crippen molar-refractivity contribution in [2.45, 2.75) is 5.25 Å². The van der Waals surface area contributed by atoms with E-state index in [2.05, 4.69) is 0 Å². The van der Waals surface area contributed by atoms with Crippen LogP contribution in [0.4, 0.5) is 0 Å².